The fourth-order valence-corrected chi connectivity index (χ4v) is 2.42. The van der Waals surface area contributed by atoms with Gasteiger partial charge in [-0.05, 0) is 30.2 Å². The van der Waals surface area contributed by atoms with Crippen LogP contribution >= 0.6 is 0 Å². The highest BCUT2D eigenvalue weighted by atomic mass is 16.2. The number of carbonyl (C=O) groups is 3. The summed E-state index contributed by atoms with van der Waals surface area (Å²) in [5.41, 5.74) is 2.84. The van der Waals surface area contributed by atoms with E-state index in [0.29, 0.717) is 17.8 Å². The van der Waals surface area contributed by atoms with Crippen LogP contribution < -0.4 is 10.6 Å². The minimum absolute atomic E-state index is 0.0587. The van der Waals surface area contributed by atoms with Crippen molar-refractivity contribution in [3.63, 3.8) is 0 Å². The van der Waals surface area contributed by atoms with Crippen molar-refractivity contribution in [1.29, 1.82) is 0 Å². The van der Waals surface area contributed by atoms with Gasteiger partial charge in [0.25, 0.3) is 5.91 Å². The lowest BCUT2D eigenvalue weighted by atomic mass is 10.1. The van der Waals surface area contributed by atoms with Gasteiger partial charge in [-0.3, -0.25) is 14.4 Å². The highest BCUT2D eigenvalue weighted by molar-refractivity contribution is 6.00. The maximum absolute atomic E-state index is 12.2. The Hall–Kier alpha value is -3.15. The highest BCUT2D eigenvalue weighted by Gasteiger charge is 2.12. The van der Waals surface area contributed by atoms with Gasteiger partial charge in [-0.15, -0.1) is 0 Å². The molecular weight excluding hydrogens is 330 g/mol. The lowest BCUT2D eigenvalue weighted by molar-refractivity contribution is -0.128. The minimum Gasteiger partial charge on any atom is -0.343 e. The third-order valence-corrected chi connectivity index (χ3v) is 4.04. The number of nitrogens with zero attached hydrogens (tertiary/aromatic N) is 1. The van der Waals surface area contributed by atoms with Crippen LogP contribution in [0.3, 0.4) is 0 Å². The Labute approximate surface area is 153 Å². The molecule has 6 nitrogen and oxygen atoms in total. The third kappa shape index (κ3) is 5.17. The zero-order valence-corrected chi connectivity index (χ0v) is 15.2. The number of anilines is 1. The van der Waals surface area contributed by atoms with E-state index in [-0.39, 0.29) is 24.3 Å². The SMILES string of the molecule is CC(=O)N(C)Cc1ccccc1NC(=O)CNC(=O)c1ccccc1C. The Bertz CT molecular complexity index is 817. The maximum atomic E-state index is 12.2. The minimum atomic E-state index is -0.329. The molecule has 136 valence electrons. The number of para-hydroxylation sites is 1. The average Bonchev–Trinajstić information content (AvgIpc) is 2.61. The van der Waals surface area contributed by atoms with Crippen molar-refractivity contribution >= 4 is 23.4 Å². The zero-order chi connectivity index (χ0) is 19.1. The van der Waals surface area contributed by atoms with Crippen LogP contribution in [0.15, 0.2) is 48.5 Å². The van der Waals surface area contributed by atoms with Gasteiger partial charge >= 0.3 is 0 Å². The molecule has 0 heterocycles. The number of carbonyl (C=O) groups excluding carboxylic acids is 3. The summed E-state index contributed by atoms with van der Waals surface area (Å²) in [7, 11) is 1.70. The van der Waals surface area contributed by atoms with Crippen molar-refractivity contribution in [3.05, 3.63) is 65.2 Å². The van der Waals surface area contributed by atoms with E-state index in [9.17, 15) is 14.4 Å². The van der Waals surface area contributed by atoms with Gasteiger partial charge in [-0.25, -0.2) is 0 Å². The summed E-state index contributed by atoms with van der Waals surface area (Å²) in [6, 6.07) is 14.5. The second-order valence-corrected chi connectivity index (χ2v) is 6.08. The summed E-state index contributed by atoms with van der Waals surface area (Å²) in [5.74, 6) is -0.677. The molecule has 0 radical (unpaired) electrons. The average molecular weight is 353 g/mol. The maximum Gasteiger partial charge on any atom is 0.251 e. The Balaban J connectivity index is 1.97. The standard InChI is InChI=1S/C20H23N3O3/c1-14-8-4-6-10-17(14)20(26)21-12-19(25)22-18-11-7-5-9-16(18)13-23(3)15(2)24/h4-11H,12-13H2,1-3H3,(H,21,26)(H,22,25). The van der Waals surface area contributed by atoms with E-state index in [1.165, 1.54) is 6.92 Å². The fraction of sp³-hybridized carbons (Fsp3) is 0.250. The Kier molecular flexibility index (Phi) is 6.49. The second kappa shape index (κ2) is 8.80. The van der Waals surface area contributed by atoms with Crippen LogP contribution in [0, 0.1) is 6.92 Å². The van der Waals surface area contributed by atoms with Crippen LogP contribution in [0.2, 0.25) is 0 Å². The van der Waals surface area contributed by atoms with Crippen molar-refractivity contribution in [1.82, 2.24) is 10.2 Å². The van der Waals surface area contributed by atoms with Gasteiger partial charge in [0.1, 0.15) is 0 Å². The van der Waals surface area contributed by atoms with Gasteiger partial charge in [-0.1, -0.05) is 36.4 Å². The van der Waals surface area contributed by atoms with Crippen molar-refractivity contribution in [2.75, 3.05) is 18.9 Å². The molecule has 0 spiro atoms. The topological polar surface area (TPSA) is 78.5 Å². The second-order valence-electron chi connectivity index (χ2n) is 6.08. The smallest absolute Gasteiger partial charge is 0.251 e. The molecule has 0 aromatic heterocycles. The number of benzene rings is 2. The molecule has 0 bridgehead atoms. The molecule has 0 fully saturated rings. The van der Waals surface area contributed by atoms with Gasteiger partial charge in [-0.2, -0.15) is 0 Å². The van der Waals surface area contributed by atoms with Crippen LogP contribution in [0.4, 0.5) is 5.69 Å². The van der Waals surface area contributed by atoms with E-state index in [2.05, 4.69) is 10.6 Å². The molecule has 0 unspecified atom stereocenters. The van der Waals surface area contributed by atoms with E-state index in [1.807, 2.05) is 31.2 Å². The molecule has 0 aliphatic rings. The molecule has 0 saturated carbocycles. The van der Waals surface area contributed by atoms with Crippen molar-refractivity contribution < 1.29 is 14.4 Å². The zero-order valence-electron chi connectivity index (χ0n) is 15.2. The van der Waals surface area contributed by atoms with E-state index in [0.717, 1.165) is 11.1 Å². The van der Waals surface area contributed by atoms with E-state index < -0.39 is 0 Å². The lowest BCUT2D eigenvalue weighted by Gasteiger charge is -2.18. The molecule has 2 aromatic carbocycles. The monoisotopic (exact) mass is 353 g/mol. The van der Waals surface area contributed by atoms with Crippen molar-refractivity contribution in [3.8, 4) is 0 Å². The lowest BCUT2D eigenvalue weighted by Crippen LogP contribution is -2.33. The van der Waals surface area contributed by atoms with Gasteiger partial charge in [0.05, 0.1) is 6.54 Å². The normalized spacial score (nSPS) is 10.1. The first-order chi connectivity index (χ1) is 12.4. The Morgan fingerprint density at radius 1 is 1.00 bits per heavy atom. The largest absolute Gasteiger partial charge is 0.343 e. The van der Waals surface area contributed by atoms with Crippen molar-refractivity contribution in [2.24, 2.45) is 0 Å². The van der Waals surface area contributed by atoms with Crippen LogP contribution in [-0.4, -0.2) is 36.2 Å². The Morgan fingerprint density at radius 3 is 2.35 bits per heavy atom. The molecule has 2 aromatic rings. The molecule has 3 amide bonds. The molecule has 0 atom stereocenters. The quantitative estimate of drug-likeness (QED) is 0.837. The summed E-state index contributed by atoms with van der Waals surface area (Å²) in [6.07, 6.45) is 0. The highest BCUT2D eigenvalue weighted by Crippen LogP contribution is 2.16. The predicted octanol–water partition coefficient (Wildman–Crippen LogP) is 2.34. The summed E-state index contributed by atoms with van der Waals surface area (Å²) >= 11 is 0. The van der Waals surface area contributed by atoms with Gasteiger partial charge in [0.15, 0.2) is 0 Å². The van der Waals surface area contributed by atoms with Gasteiger partial charge in [0, 0.05) is 31.8 Å². The van der Waals surface area contributed by atoms with E-state index in [4.69, 9.17) is 0 Å². The first-order valence-electron chi connectivity index (χ1n) is 8.31. The molecule has 0 saturated heterocycles. The van der Waals surface area contributed by atoms with Crippen molar-refractivity contribution in [2.45, 2.75) is 20.4 Å². The number of amides is 3. The molecule has 2 rings (SSSR count). The van der Waals surface area contributed by atoms with Gasteiger partial charge < -0.3 is 15.5 Å². The fourth-order valence-electron chi connectivity index (χ4n) is 2.42. The number of hydrogen-bond acceptors (Lipinski definition) is 3. The predicted molar refractivity (Wildman–Crippen MR) is 101 cm³/mol. The molecular formula is C20H23N3O3. The van der Waals surface area contributed by atoms with Crippen LogP contribution in [-0.2, 0) is 16.1 Å². The Morgan fingerprint density at radius 2 is 1.65 bits per heavy atom. The molecule has 6 heteroatoms. The first kappa shape index (κ1) is 19.2. The van der Waals surface area contributed by atoms with E-state index in [1.54, 1.807) is 36.2 Å². The summed E-state index contributed by atoms with van der Waals surface area (Å²) in [6.45, 7) is 3.59. The number of rotatable bonds is 6. The number of aryl methyl sites for hydroxylation is 1. The summed E-state index contributed by atoms with van der Waals surface area (Å²) in [5, 5.41) is 5.41. The number of nitrogens with one attached hydrogen (secondary N) is 2. The van der Waals surface area contributed by atoms with Gasteiger partial charge in [0.2, 0.25) is 11.8 Å². The van der Waals surface area contributed by atoms with Crippen LogP contribution in [0.25, 0.3) is 0 Å². The summed E-state index contributed by atoms with van der Waals surface area (Å²) in [4.78, 5) is 37.3. The molecule has 26 heavy (non-hydrogen) atoms. The first-order valence-corrected chi connectivity index (χ1v) is 8.31. The molecule has 0 aliphatic heterocycles. The van der Waals surface area contributed by atoms with Crippen LogP contribution in [0.1, 0.15) is 28.4 Å². The number of hydrogen-bond donors (Lipinski definition) is 2. The molecule has 0 aliphatic carbocycles. The summed E-state index contributed by atoms with van der Waals surface area (Å²) < 4.78 is 0. The van der Waals surface area contributed by atoms with Crippen LogP contribution in [0.5, 0.6) is 0 Å². The van der Waals surface area contributed by atoms with E-state index >= 15 is 0 Å². The molecule has 2 N–H and O–H groups in total. The third-order valence-electron chi connectivity index (χ3n) is 4.04.